The molecule has 1 nitrogen and oxygen atoms in total. The summed E-state index contributed by atoms with van der Waals surface area (Å²) < 4.78 is 0. The average molecular weight is 511 g/mol. The Morgan fingerprint density at radius 3 is 1.74 bits per heavy atom. The van der Waals surface area contributed by atoms with Crippen LogP contribution in [-0.2, 0) is 10.8 Å². The molecule has 0 bridgehead atoms. The van der Waals surface area contributed by atoms with Gasteiger partial charge in [0, 0.05) is 11.1 Å². The Morgan fingerprint density at radius 2 is 1.24 bits per heavy atom. The van der Waals surface area contributed by atoms with E-state index >= 15 is 0 Å². The maximum atomic E-state index is 11.7. The predicted octanol–water partition coefficient (Wildman–Crippen LogP) is 10.5. The summed E-state index contributed by atoms with van der Waals surface area (Å²) in [5.41, 5.74) is 9.59. The van der Waals surface area contributed by atoms with E-state index in [1.54, 1.807) is 11.1 Å². The Kier molecular flexibility index (Phi) is 6.37. The molecular weight excluding hydrogens is 460 g/mol. The number of phenolic OH excluding ortho intramolecular Hbond substituents is 1. The van der Waals surface area contributed by atoms with Crippen molar-refractivity contribution in [1.29, 1.82) is 0 Å². The molecule has 0 aliphatic heterocycles. The Balaban J connectivity index is 1.58. The summed E-state index contributed by atoms with van der Waals surface area (Å²) in [6.07, 6.45) is 10.3. The molecule has 38 heavy (non-hydrogen) atoms. The predicted molar refractivity (Wildman–Crippen MR) is 163 cm³/mol. The summed E-state index contributed by atoms with van der Waals surface area (Å²) in [5, 5.41) is 11.7. The van der Waals surface area contributed by atoms with Crippen LogP contribution in [0.25, 0.3) is 11.1 Å². The summed E-state index contributed by atoms with van der Waals surface area (Å²) in [5.74, 6) is 2.17. The van der Waals surface area contributed by atoms with Crippen molar-refractivity contribution in [2.24, 2.45) is 22.7 Å². The highest BCUT2D eigenvalue weighted by Crippen LogP contribution is 2.58. The van der Waals surface area contributed by atoms with E-state index in [-0.39, 0.29) is 21.7 Å². The van der Waals surface area contributed by atoms with Gasteiger partial charge in [-0.15, -0.1) is 0 Å². The van der Waals surface area contributed by atoms with Crippen LogP contribution < -0.4 is 0 Å². The first-order valence-electron chi connectivity index (χ1n) is 14.9. The number of benzene rings is 2. The van der Waals surface area contributed by atoms with Crippen LogP contribution in [0.2, 0.25) is 0 Å². The fraction of sp³-hybridized carbons (Fsp3) is 0.568. The van der Waals surface area contributed by atoms with Crippen molar-refractivity contribution in [3.05, 3.63) is 76.4 Å². The number of allylic oxidation sites excluding steroid dienone is 4. The SMILES string of the molecule is CC1(C)CCC(C)(C)C2=CC3CC(c4ccccc4-c4cc(C(C)(C)C)cc(C(C)(C)C)c4O)CC3C=C21. The third-order valence-electron chi connectivity index (χ3n) is 10.0. The molecule has 2 atom stereocenters. The van der Waals surface area contributed by atoms with E-state index in [0.29, 0.717) is 23.5 Å². The fourth-order valence-electron chi connectivity index (χ4n) is 7.37. The second-order valence-corrected chi connectivity index (χ2v) is 15.9. The number of rotatable bonds is 2. The summed E-state index contributed by atoms with van der Waals surface area (Å²) in [7, 11) is 0. The van der Waals surface area contributed by atoms with Crippen LogP contribution >= 0.6 is 0 Å². The van der Waals surface area contributed by atoms with Gasteiger partial charge in [-0.2, -0.15) is 0 Å². The van der Waals surface area contributed by atoms with Crippen molar-refractivity contribution < 1.29 is 5.11 Å². The monoisotopic (exact) mass is 510 g/mol. The van der Waals surface area contributed by atoms with E-state index in [1.807, 2.05) is 0 Å². The minimum atomic E-state index is -0.133. The van der Waals surface area contributed by atoms with E-state index in [4.69, 9.17) is 0 Å². The lowest BCUT2D eigenvalue weighted by Crippen LogP contribution is -2.34. The van der Waals surface area contributed by atoms with Gasteiger partial charge in [-0.1, -0.05) is 112 Å². The normalized spacial score (nSPS) is 26.3. The molecule has 2 aromatic carbocycles. The smallest absolute Gasteiger partial charge is 0.127 e. The van der Waals surface area contributed by atoms with Crippen LogP contribution in [0, 0.1) is 22.7 Å². The molecule has 0 radical (unpaired) electrons. The minimum Gasteiger partial charge on any atom is -0.507 e. The van der Waals surface area contributed by atoms with Crippen LogP contribution in [0.4, 0.5) is 0 Å². The Hall–Kier alpha value is -2.28. The molecule has 0 spiro atoms. The van der Waals surface area contributed by atoms with Gasteiger partial charge >= 0.3 is 0 Å². The Morgan fingerprint density at radius 1 is 0.711 bits per heavy atom. The first kappa shape index (κ1) is 27.3. The van der Waals surface area contributed by atoms with Gasteiger partial charge < -0.3 is 5.11 Å². The highest BCUT2D eigenvalue weighted by Gasteiger charge is 2.45. The number of hydrogen-bond donors (Lipinski definition) is 1. The molecule has 2 unspecified atom stereocenters. The highest BCUT2D eigenvalue weighted by atomic mass is 16.3. The maximum Gasteiger partial charge on any atom is 0.127 e. The zero-order valence-electron chi connectivity index (χ0n) is 25.6. The molecule has 2 saturated carbocycles. The van der Waals surface area contributed by atoms with Crippen molar-refractivity contribution in [2.75, 3.05) is 0 Å². The van der Waals surface area contributed by atoms with Gasteiger partial charge in [0.2, 0.25) is 0 Å². The van der Waals surface area contributed by atoms with Gasteiger partial charge in [-0.05, 0) is 99.0 Å². The second kappa shape index (κ2) is 8.87. The maximum absolute atomic E-state index is 11.7. The molecule has 3 aliphatic rings. The van der Waals surface area contributed by atoms with E-state index < -0.39 is 0 Å². The quantitative estimate of drug-likeness (QED) is 0.426. The van der Waals surface area contributed by atoms with Crippen molar-refractivity contribution in [1.82, 2.24) is 0 Å². The third-order valence-corrected chi connectivity index (χ3v) is 10.0. The third kappa shape index (κ3) is 4.69. The largest absolute Gasteiger partial charge is 0.507 e. The van der Waals surface area contributed by atoms with Crippen molar-refractivity contribution in [3.63, 3.8) is 0 Å². The molecule has 3 aliphatic carbocycles. The van der Waals surface area contributed by atoms with Gasteiger partial charge in [-0.3, -0.25) is 0 Å². The van der Waals surface area contributed by atoms with E-state index in [2.05, 4.69) is 118 Å². The van der Waals surface area contributed by atoms with Crippen molar-refractivity contribution >= 4 is 0 Å². The van der Waals surface area contributed by atoms with Gasteiger partial charge in [0.05, 0.1) is 0 Å². The van der Waals surface area contributed by atoms with Crippen molar-refractivity contribution in [3.8, 4) is 16.9 Å². The first-order chi connectivity index (χ1) is 17.5. The molecule has 0 aromatic heterocycles. The number of hydrogen-bond acceptors (Lipinski definition) is 1. The molecular formula is C37H50O. The summed E-state index contributed by atoms with van der Waals surface area (Å²) in [6.45, 7) is 23.2. The number of fused-ring (bicyclic) bond motifs is 2. The second-order valence-electron chi connectivity index (χ2n) is 15.9. The molecule has 5 rings (SSSR count). The first-order valence-corrected chi connectivity index (χ1v) is 14.9. The average Bonchev–Trinajstić information content (AvgIpc) is 3.23. The number of phenols is 1. The van der Waals surface area contributed by atoms with Crippen LogP contribution in [-0.4, -0.2) is 5.11 Å². The summed E-state index contributed by atoms with van der Waals surface area (Å²) in [6, 6.07) is 13.4. The zero-order valence-corrected chi connectivity index (χ0v) is 25.6. The minimum absolute atomic E-state index is 0.00790. The highest BCUT2D eigenvalue weighted by molar-refractivity contribution is 5.77. The van der Waals surface area contributed by atoms with Crippen LogP contribution in [0.1, 0.15) is 118 Å². The lowest BCUT2D eigenvalue weighted by molar-refractivity contribution is 0.250. The molecule has 2 fully saturated rings. The molecule has 0 heterocycles. The fourth-order valence-corrected chi connectivity index (χ4v) is 7.37. The van der Waals surface area contributed by atoms with Gasteiger partial charge in [0.1, 0.15) is 5.75 Å². The topological polar surface area (TPSA) is 20.2 Å². The van der Waals surface area contributed by atoms with E-state index in [9.17, 15) is 5.11 Å². The molecule has 1 heteroatoms. The molecule has 2 aromatic rings. The Labute approximate surface area is 232 Å². The summed E-state index contributed by atoms with van der Waals surface area (Å²) >= 11 is 0. The van der Waals surface area contributed by atoms with E-state index in [1.165, 1.54) is 42.4 Å². The van der Waals surface area contributed by atoms with Gasteiger partial charge in [0.25, 0.3) is 0 Å². The molecule has 204 valence electrons. The summed E-state index contributed by atoms with van der Waals surface area (Å²) in [4.78, 5) is 0. The van der Waals surface area contributed by atoms with Crippen LogP contribution in [0.15, 0.2) is 59.7 Å². The van der Waals surface area contributed by atoms with Crippen LogP contribution in [0.3, 0.4) is 0 Å². The molecule has 0 amide bonds. The Bertz CT molecular complexity index is 1260. The molecule has 0 saturated heterocycles. The lowest BCUT2D eigenvalue weighted by atomic mass is 9.58. The zero-order chi connectivity index (χ0) is 27.8. The van der Waals surface area contributed by atoms with Crippen LogP contribution in [0.5, 0.6) is 5.75 Å². The van der Waals surface area contributed by atoms with Crippen molar-refractivity contribution in [2.45, 2.75) is 112 Å². The molecule has 1 N–H and O–H groups in total. The number of aromatic hydroxyl groups is 1. The lowest BCUT2D eigenvalue weighted by Gasteiger charge is -2.47. The van der Waals surface area contributed by atoms with E-state index in [0.717, 1.165) is 11.1 Å². The van der Waals surface area contributed by atoms with Gasteiger partial charge in [-0.25, -0.2) is 0 Å². The van der Waals surface area contributed by atoms with Gasteiger partial charge in [0.15, 0.2) is 0 Å². The standard InChI is InChI=1S/C37H50O/c1-34(2,3)26-21-29(33(38)32(22-26)35(4,5)6)28-14-12-11-13-27(28)25-17-23-19-30-31(20-24(23)18-25)37(9,10)16-15-36(30,7)8/h11-14,19-25,38H,15-18H2,1-10H3.